The van der Waals surface area contributed by atoms with Crippen molar-refractivity contribution in [1.29, 1.82) is 0 Å². The normalized spacial score (nSPS) is 11.7. The Bertz CT molecular complexity index is 947. The van der Waals surface area contributed by atoms with Crippen molar-refractivity contribution in [1.82, 2.24) is 10.3 Å². The van der Waals surface area contributed by atoms with Crippen molar-refractivity contribution in [2.45, 2.75) is 13.0 Å². The van der Waals surface area contributed by atoms with Crippen LogP contribution < -0.4 is 10.1 Å². The molecule has 3 rings (SSSR count). The van der Waals surface area contributed by atoms with Crippen molar-refractivity contribution in [3.63, 3.8) is 0 Å². The van der Waals surface area contributed by atoms with Gasteiger partial charge in [0.25, 0.3) is 5.91 Å². The Balaban J connectivity index is 1.81. The molecule has 138 valence electrons. The Morgan fingerprint density at radius 1 is 1.07 bits per heavy atom. The number of ether oxygens (including phenoxy) is 1. The fraction of sp³-hybridized carbons (Fsp3) is 0.100. The van der Waals surface area contributed by atoms with Gasteiger partial charge in [0.05, 0.1) is 12.2 Å². The molecule has 0 fully saturated rings. The zero-order chi connectivity index (χ0) is 19.4. The van der Waals surface area contributed by atoms with Crippen LogP contribution in [0.15, 0.2) is 65.3 Å². The van der Waals surface area contributed by atoms with Gasteiger partial charge in [0.1, 0.15) is 22.9 Å². The highest BCUT2D eigenvalue weighted by molar-refractivity contribution is 9.10. The first-order valence-electron chi connectivity index (χ1n) is 8.07. The van der Waals surface area contributed by atoms with E-state index in [1.165, 1.54) is 24.3 Å². The van der Waals surface area contributed by atoms with Crippen LogP contribution in [0, 0.1) is 11.6 Å². The van der Waals surface area contributed by atoms with E-state index in [0.29, 0.717) is 0 Å². The molecule has 7 heteroatoms. The number of nitrogens with one attached hydrogen (secondary N) is 1. The molecule has 1 aromatic heterocycles. The predicted molar refractivity (Wildman–Crippen MR) is 101 cm³/mol. The number of aromatic nitrogens is 1. The summed E-state index contributed by atoms with van der Waals surface area (Å²) in [4.78, 5) is 16.5. The van der Waals surface area contributed by atoms with E-state index in [0.717, 1.165) is 22.3 Å². The first-order chi connectivity index (χ1) is 12.9. The molecular formula is C20H15BrF2N2O2. The smallest absolute Gasteiger partial charge is 0.257 e. The predicted octanol–water partition coefficient (Wildman–Crippen LogP) is 5.41. The molecule has 0 aliphatic carbocycles. The molecule has 27 heavy (non-hydrogen) atoms. The van der Waals surface area contributed by atoms with Crippen LogP contribution in [0.5, 0.6) is 11.6 Å². The maximum atomic E-state index is 13.7. The number of nitrogens with zero attached hydrogens (tertiary/aromatic N) is 1. The van der Waals surface area contributed by atoms with Crippen LogP contribution in [-0.2, 0) is 0 Å². The van der Waals surface area contributed by atoms with Gasteiger partial charge in [-0.15, -0.1) is 0 Å². The Labute approximate surface area is 163 Å². The van der Waals surface area contributed by atoms with E-state index in [2.05, 4.69) is 26.2 Å². The van der Waals surface area contributed by atoms with Crippen LogP contribution in [-0.4, -0.2) is 10.9 Å². The molecule has 0 bridgehead atoms. The number of hydrogen-bond donors (Lipinski definition) is 1. The van der Waals surface area contributed by atoms with Gasteiger partial charge in [-0.1, -0.05) is 28.1 Å². The van der Waals surface area contributed by atoms with Gasteiger partial charge in [-0.3, -0.25) is 4.79 Å². The van der Waals surface area contributed by atoms with Crippen molar-refractivity contribution in [2.24, 2.45) is 0 Å². The summed E-state index contributed by atoms with van der Waals surface area (Å²) in [6.45, 7) is 1.81. The Hall–Kier alpha value is -2.80. The minimum Gasteiger partial charge on any atom is -0.438 e. The quantitative estimate of drug-likeness (QED) is 0.586. The summed E-state index contributed by atoms with van der Waals surface area (Å²) in [5, 5.41) is 2.79. The van der Waals surface area contributed by atoms with E-state index < -0.39 is 17.5 Å². The van der Waals surface area contributed by atoms with E-state index in [1.807, 2.05) is 31.2 Å². The number of rotatable bonds is 5. The number of pyridine rings is 1. The third-order valence-electron chi connectivity index (χ3n) is 3.81. The number of carbonyl (C=O) groups is 1. The highest BCUT2D eigenvalue weighted by Gasteiger charge is 2.19. The second kappa shape index (κ2) is 8.26. The van der Waals surface area contributed by atoms with Crippen molar-refractivity contribution >= 4 is 21.8 Å². The number of carbonyl (C=O) groups excluding carboxylic acids is 1. The van der Waals surface area contributed by atoms with Crippen molar-refractivity contribution in [3.05, 3.63) is 88.0 Å². The molecule has 0 saturated heterocycles. The molecular weight excluding hydrogens is 418 g/mol. The Morgan fingerprint density at radius 3 is 2.41 bits per heavy atom. The van der Waals surface area contributed by atoms with E-state index in [4.69, 9.17) is 4.74 Å². The SMILES string of the molecule is CC(NC(=O)c1cc(F)cnc1Oc1ccc(F)cc1)c1ccc(Br)cc1. The van der Waals surface area contributed by atoms with Gasteiger partial charge in [0.15, 0.2) is 0 Å². The minimum absolute atomic E-state index is 0.0525. The molecule has 4 nitrogen and oxygen atoms in total. The third-order valence-corrected chi connectivity index (χ3v) is 4.34. The number of amides is 1. The van der Waals surface area contributed by atoms with Gasteiger partial charge in [0, 0.05) is 4.47 Å². The van der Waals surface area contributed by atoms with Crippen LogP contribution in [0.3, 0.4) is 0 Å². The standard InChI is InChI=1S/C20H15BrF2N2O2/c1-12(13-2-4-14(21)5-3-13)25-19(26)18-10-16(23)11-24-20(18)27-17-8-6-15(22)7-9-17/h2-12H,1H3,(H,25,26). The van der Waals surface area contributed by atoms with Crippen LogP contribution in [0.1, 0.15) is 28.9 Å². The Morgan fingerprint density at radius 2 is 1.74 bits per heavy atom. The first-order valence-corrected chi connectivity index (χ1v) is 8.87. The summed E-state index contributed by atoms with van der Waals surface area (Å²) in [5.41, 5.74) is 0.834. The number of halogens is 3. The number of hydrogen-bond acceptors (Lipinski definition) is 3. The molecule has 1 amide bonds. The maximum absolute atomic E-state index is 13.7. The van der Waals surface area contributed by atoms with Crippen molar-refractivity contribution in [2.75, 3.05) is 0 Å². The number of benzene rings is 2. The summed E-state index contributed by atoms with van der Waals surface area (Å²) >= 11 is 3.36. The first kappa shape index (κ1) is 19.0. The van der Waals surface area contributed by atoms with Crippen LogP contribution in [0.25, 0.3) is 0 Å². The lowest BCUT2D eigenvalue weighted by Gasteiger charge is -2.16. The molecule has 2 aromatic carbocycles. The molecule has 3 aromatic rings. The molecule has 1 unspecified atom stereocenters. The molecule has 0 aliphatic heterocycles. The topological polar surface area (TPSA) is 51.2 Å². The summed E-state index contributed by atoms with van der Waals surface area (Å²) in [5.74, 6) is -1.40. The van der Waals surface area contributed by atoms with Crippen molar-refractivity contribution < 1.29 is 18.3 Å². The van der Waals surface area contributed by atoms with E-state index >= 15 is 0 Å². The van der Waals surface area contributed by atoms with Crippen LogP contribution in [0.2, 0.25) is 0 Å². The Kier molecular flexibility index (Phi) is 5.81. The highest BCUT2D eigenvalue weighted by Crippen LogP contribution is 2.25. The second-order valence-corrected chi connectivity index (χ2v) is 6.72. The van der Waals surface area contributed by atoms with Crippen LogP contribution in [0.4, 0.5) is 8.78 Å². The molecule has 0 spiro atoms. The second-order valence-electron chi connectivity index (χ2n) is 5.81. The van der Waals surface area contributed by atoms with Gasteiger partial charge in [0.2, 0.25) is 5.88 Å². The highest BCUT2D eigenvalue weighted by atomic mass is 79.9. The van der Waals surface area contributed by atoms with Gasteiger partial charge in [-0.25, -0.2) is 13.8 Å². The van der Waals surface area contributed by atoms with Gasteiger partial charge in [-0.05, 0) is 55.0 Å². The van der Waals surface area contributed by atoms with Crippen LogP contribution >= 0.6 is 15.9 Å². The minimum atomic E-state index is -0.664. The molecule has 0 aliphatic rings. The molecule has 1 atom stereocenters. The summed E-state index contributed by atoms with van der Waals surface area (Å²) in [6.07, 6.45) is 0.952. The summed E-state index contributed by atoms with van der Waals surface area (Å²) in [7, 11) is 0. The average Bonchev–Trinajstić information content (AvgIpc) is 2.65. The van der Waals surface area contributed by atoms with Gasteiger partial charge >= 0.3 is 0 Å². The third kappa shape index (κ3) is 4.89. The fourth-order valence-corrected chi connectivity index (χ4v) is 2.66. The molecule has 1 heterocycles. The zero-order valence-corrected chi connectivity index (χ0v) is 15.8. The molecule has 0 saturated carbocycles. The zero-order valence-electron chi connectivity index (χ0n) is 14.2. The average molecular weight is 433 g/mol. The van der Waals surface area contributed by atoms with Crippen molar-refractivity contribution in [3.8, 4) is 11.6 Å². The molecule has 0 radical (unpaired) electrons. The van der Waals surface area contributed by atoms with E-state index in [1.54, 1.807) is 0 Å². The van der Waals surface area contributed by atoms with E-state index in [-0.39, 0.29) is 23.2 Å². The monoisotopic (exact) mass is 432 g/mol. The lowest BCUT2D eigenvalue weighted by Crippen LogP contribution is -2.27. The lowest BCUT2D eigenvalue weighted by molar-refractivity contribution is 0.0936. The largest absolute Gasteiger partial charge is 0.438 e. The van der Waals surface area contributed by atoms with E-state index in [9.17, 15) is 13.6 Å². The maximum Gasteiger partial charge on any atom is 0.257 e. The van der Waals surface area contributed by atoms with Gasteiger partial charge in [-0.2, -0.15) is 0 Å². The van der Waals surface area contributed by atoms with Gasteiger partial charge < -0.3 is 10.1 Å². The lowest BCUT2D eigenvalue weighted by atomic mass is 10.1. The summed E-state index contributed by atoms with van der Waals surface area (Å²) in [6, 6.07) is 13.4. The molecule has 1 N–H and O–H groups in total. The summed E-state index contributed by atoms with van der Waals surface area (Å²) < 4.78 is 33.1. The fourth-order valence-electron chi connectivity index (χ4n) is 2.39.